The average molecular weight is 311 g/mol. The van der Waals surface area contributed by atoms with Crippen LogP contribution < -0.4 is 5.32 Å². The summed E-state index contributed by atoms with van der Waals surface area (Å²) in [4.78, 5) is 2.46. The van der Waals surface area contributed by atoms with E-state index in [9.17, 15) is 0 Å². The van der Waals surface area contributed by atoms with Crippen LogP contribution >= 0.6 is 15.9 Å². The van der Waals surface area contributed by atoms with Gasteiger partial charge in [-0.15, -0.1) is 0 Å². The summed E-state index contributed by atoms with van der Waals surface area (Å²) in [5.41, 5.74) is 3.35. The highest BCUT2D eigenvalue weighted by atomic mass is 79.9. The third-order valence-electron chi connectivity index (χ3n) is 3.87. The molecule has 1 aliphatic carbocycles. The van der Waals surface area contributed by atoms with E-state index in [0.717, 1.165) is 13.1 Å². The molecule has 1 saturated carbocycles. The fourth-order valence-electron chi connectivity index (χ4n) is 2.67. The van der Waals surface area contributed by atoms with Crippen LogP contribution in [-0.4, -0.2) is 32.1 Å². The largest absolute Gasteiger partial charge is 0.319 e. The maximum Gasteiger partial charge on any atom is 0.0233 e. The predicted octanol–water partition coefficient (Wildman–Crippen LogP) is 3.19. The molecule has 18 heavy (non-hydrogen) atoms. The first kappa shape index (κ1) is 14.0. The lowest BCUT2D eigenvalue weighted by molar-refractivity contribution is 0.252. The number of nitrogens with one attached hydrogen (secondary N) is 1. The Hall–Kier alpha value is -0.380. The van der Waals surface area contributed by atoms with Crippen molar-refractivity contribution < 1.29 is 0 Å². The van der Waals surface area contributed by atoms with Crippen molar-refractivity contribution in [3.63, 3.8) is 0 Å². The SMILES string of the molecule is CNCC1(CN(C)Cc2cc(Br)ccc2C)CC1. The molecule has 0 spiro atoms. The third-order valence-corrected chi connectivity index (χ3v) is 4.36. The van der Waals surface area contributed by atoms with E-state index in [-0.39, 0.29) is 0 Å². The summed E-state index contributed by atoms with van der Waals surface area (Å²) in [6.07, 6.45) is 2.74. The van der Waals surface area contributed by atoms with Gasteiger partial charge < -0.3 is 10.2 Å². The highest BCUT2D eigenvalue weighted by Crippen LogP contribution is 2.45. The van der Waals surface area contributed by atoms with Gasteiger partial charge in [-0.05, 0) is 62.5 Å². The van der Waals surface area contributed by atoms with Gasteiger partial charge in [-0.25, -0.2) is 0 Å². The summed E-state index contributed by atoms with van der Waals surface area (Å²) in [7, 11) is 4.29. The van der Waals surface area contributed by atoms with Crippen molar-refractivity contribution in [1.29, 1.82) is 0 Å². The summed E-state index contributed by atoms with van der Waals surface area (Å²) >= 11 is 3.56. The fourth-order valence-corrected chi connectivity index (χ4v) is 3.08. The maximum absolute atomic E-state index is 3.56. The van der Waals surface area contributed by atoms with E-state index in [4.69, 9.17) is 0 Å². The Kier molecular flexibility index (Phi) is 4.46. The quantitative estimate of drug-likeness (QED) is 0.868. The minimum Gasteiger partial charge on any atom is -0.319 e. The van der Waals surface area contributed by atoms with Gasteiger partial charge in [-0.1, -0.05) is 22.0 Å². The van der Waals surface area contributed by atoms with Crippen molar-refractivity contribution in [1.82, 2.24) is 10.2 Å². The van der Waals surface area contributed by atoms with Crippen molar-refractivity contribution in [3.8, 4) is 0 Å². The number of rotatable bonds is 6. The van der Waals surface area contributed by atoms with Gasteiger partial charge in [0.25, 0.3) is 0 Å². The monoisotopic (exact) mass is 310 g/mol. The molecule has 1 aromatic rings. The van der Waals surface area contributed by atoms with Crippen LogP contribution in [0.5, 0.6) is 0 Å². The Morgan fingerprint density at radius 1 is 1.39 bits per heavy atom. The van der Waals surface area contributed by atoms with Crippen LogP contribution in [0.1, 0.15) is 24.0 Å². The minimum absolute atomic E-state index is 0.545. The molecule has 1 fully saturated rings. The van der Waals surface area contributed by atoms with Crippen LogP contribution in [0, 0.1) is 12.3 Å². The van der Waals surface area contributed by atoms with Crippen LogP contribution in [0.4, 0.5) is 0 Å². The van der Waals surface area contributed by atoms with Gasteiger partial charge in [0.15, 0.2) is 0 Å². The second-order valence-corrected chi connectivity index (χ2v) is 6.69. The zero-order valence-corrected chi connectivity index (χ0v) is 13.2. The lowest BCUT2D eigenvalue weighted by Crippen LogP contribution is -2.32. The van der Waals surface area contributed by atoms with Crippen molar-refractivity contribution in [2.75, 3.05) is 27.2 Å². The molecular formula is C15H23BrN2. The van der Waals surface area contributed by atoms with Crippen molar-refractivity contribution in [2.45, 2.75) is 26.3 Å². The smallest absolute Gasteiger partial charge is 0.0233 e. The standard InChI is InChI=1S/C15H23BrN2/c1-12-4-5-14(16)8-13(12)9-18(3)11-15(6-7-15)10-17-2/h4-5,8,17H,6-7,9-11H2,1-3H3. The Balaban J connectivity index is 1.94. The van der Waals surface area contributed by atoms with Crippen LogP contribution in [0.3, 0.4) is 0 Å². The first-order valence-corrected chi connectivity index (χ1v) is 7.42. The van der Waals surface area contributed by atoms with Gasteiger partial charge >= 0.3 is 0 Å². The van der Waals surface area contributed by atoms with E-state index in [2.05, 4.69) is 65.4 Å². The van der Waals surface area contributed by atoms with Crippen molar-refractivity contribution in [2.24, 2.45) is 5.41 Å². The topological polar surface area (TPSA) is 15.3 Å². The Labute approximate surface area is 119 Å². The molecule has 0 heterocycles. The molecule has 100 valence electrons. The number of halogens is 1. The van der Waals surface area contributed by atoms with E-state index in [1.165, 1.54) is 35.0 Å². The van der Waals surface area contributed by atoms with E-state index in [1.54, 1.807) is 0 Å². The molecule has 0 saturated heterocycles. The molecule has 0 amide bonds. The first-order valence-electron chi connectivity index (χ1n) is 6.63. The summed E-state index contributed by atoms with van der Waals surface area (Å²) < 4.78 is 1.17. The minimum atomic E-state index is 0.545. The first-order chi connectivity index (χ1) is 8.54. The zero-order valence-electron chi connectivity index (χ0n) is 11.6. The van der Waals surface area contributed by atoms with Crippen LogP contribution in [-0.2, 0) is 6.54 Å². The average Bonchev–Trinajstić information content (AvgIpc) is 3.03. The molecule has 1 aliphatic rings. The highest BCUT2D eigenvalue weighted by molar-refractivity contribution is 9.10. The Bertz CT molecular complexity index is 413. The van der Waals surface area contributed by atoms with E-state index < -0.39 is 0 Å². The van der Waals surface area contributed by atoms with Gasteiger partial charge in [0.1, 0.15) is 0 Å². The van der Waals surface area contributed by atoms with Crippen LogP contribution in [0.25, 0.3) is 0 Å². The molecule has 2 rings (SSSR count). The van der Waals surface area contributed by atoms with E-state index >= 15 is 0 Å². The van der Waals surface area contributed by atoms with E-state index in [0.29, 0.717) is 5.41 Å². The normalized spacial score (nSPS) is 17.2. The van der Waals surface area contributed by atoms with Crippen LogP contribution in [0.15, 0.2) is 22.7 Å². The summed E-state index contributed by atoms with van der Waals surface area (Å²) in [6.45, 7) is 5.57. The third kappa shape index (κ3) is 3.56. The summed E-state index contributed by atoms with van der Waals surface area (Å²) in [6, 6.07) is 6.54. The van der Waals surface area contributed by atoms with Crippen molar-refractivity contribution in [3.05, 3.63) is 33.8 Å². The number of benzene rings is 1. The number of nitrogens with zero attached hydrogens (tertiary/aromatic N) is 1. The second-order valence-electron chi connectivity index (χ2n) is 5.77. The molecule has 0 unspecified atom stereocenters. The van der Waals surface area contributed by atoms with Gasteiger partial charge in [0.2, 0.25) is 0 Å². The van der Waals surface area contributed by atoms with Gasteiger partial charge in [-0.3, -0.25) is 0 Å². The lowest BCUT2D eigenvalue weighted by Gasteiger charge is -2.24. The van der Waals surface area contributed by atoms with Gasteiger partial charge in [0, 0.05) is 24.1 Å². The molecule has 3 heteroatoms. The lowest BCUT2D eigenvalue weighted by atomic mass is 10.1. The molecule has 0 bridgehead atoms. The number of hydrogen-bond donors (Lipinski definition) is 1. The molecule has 1 N–H and O–H groups in total. The number of aryl methyl sites for hydroxylation is 1. The highest BCUT2D eigenvalue weighted by Gasteiger charge is 2.42. The molecule has 0 atom stereocenters. The zero-order chi connectivity index (χ0) is 13.2. The Morgan fingerprint density at radius 3 is 2.72 bits per heavy atom. The molecule has 0 radical (unpaired) electrons. The summed E-state index contributed by atoms with van der Waals surface area (Å²) in [5, 5.41) is 3.33. The Morgan fingerprint density at radius 2 is 2.11 bits per heavy atom. The predicted molar refractivity (Wildman–Crippen MR) is 80.8 cm³/mol. The fraction of sp³-hybridized carbons (Fsp3) is 0.600. The second kappa shape index (κ2) is 5.72. The summed E-state index contributed by atoms with van der Waals surface area (Å²) in [5.74, 6) is 0. The van der Waals surface area contributed by atoms with Gasteiger partial charge in [0.05, 0.1) is 0 Å². The molecule has 1 aromatic carbocycles. The molecule has 2 nitrogen and oxygen atoms in total. The number of hydrogen-bond acceptors (Lipinski definition) is 2. The molecule has 0 aliphatic heterocycles. The molecular weight excluding hydrogens is 288 g/mol. The molecule has 0 aromatic heterocycles. The van der Waals surface area contributed by atoms with Crippen molar-refractivity contribution >= 4 is 15.9 Å². The van der Waals surface area contributed by atoms with E-state index in [1.807, 2.05) is 0 Å². The van der Waals surface area contributed by atoms with Crippen LogP contribution in [0.2, 0.25) is 0 Å². The van der Waals surface area contributed by atoms with Gasteiger partial charge in [-0.2, -0.15) is 0 Å². The maximum atomic E-state index is 3.56.